The SMILES string of the molecule is COc1ccccc1C1CCCCC1COC1=C(C=O)C(F)CC=C1. The molecule has 3 nitrogen and oxygen atoms in total. The number of carbonyl (C=O) groups is 1. The number of allylic oxidation sites excluding steroid dienone is 3. The number of ether oxygens (including phenoxy) is 2. The van der Waals surface area contributed by atoms with Crippen LogP contribution in [0, 0.1) is 5.92 Å². The van der Waals surface area contributed by atoms with Gasteiger partial charge in [-0.2, -0.15) is 0 Å². The van der Waals surface area contributed by atoms with Crippen LogP contribution in [0.1, 0.15) is 43.6 Å². The van der Waals surface area contributed by atoms with Crippen molar-refractivity contribution in [2.24, 2.45) is 5.92 Å². The molecule has 134 valence electrons. The molecule has 2 aliphatic rings. The van der Waals surface area contributed by atoms with Crippen LogP contribution in [0.3, 0.4) is 0 Å². The molecule has 4 heteroatoms. The number of hydrogen-bond donors (Lipinski definition) is 0. The fraction of sp³-hybridized carbons (Fsp3) is 0.476. The van der Waals surface area contributed by atoms with Gasteiger partial charge >= 0.3 is 0 Å². The van der Waals surface area contributed by atoms with E-state index in [4.69, 9.17) is 9.47 Å². The summed E-state index contributed by atoms with van der Waals surface area (Å²) < 4.78 is 25.3. The van der Waals surface area contributed by atoms with Crippen molar-refractivity contribution in [3.05, 3.63) is 53.3 Å². The van der Waals surface area contributed by atoms with E-state index in [1.54, 1.807) is 19.3 Å². The van der Waals surface area contributed by atoms with Crippen LogP contribution < -0.4 is 4.74 Å². The molecule has 25 heavy (non-hydrogen) atoms. The molecule has 0 aromatic heterocycles. The average molecular weight is 344 g/mol. The Bertz CT molecular complexity index is 665. The van der Waals surface area contributed by atoms with Crippen molar-refractivity contribution in [3.8, 4) is 5.75 Å². The molecule has 0 bridgehead atoms. The van der Waals surface area contributed by atoms with Gasteiger partial charge in [-0.05, 0) is 42.4 Å². The largest absolute Gasteiger partial charge is 0.496 e. The van der Waals surface area contributed by atoms with Gasteiger partial charge in [0, 0.05) is 6.42 Å². The molecule has 1 aromatic rings. The first-order valence-corrected chi connectivity index (χ1v) is 9.00. The Balaban J connectivity index is 1.76. The maximum absolute atomic E-state index is 13.9. The topological polar surface area (TPSA) is 35.5 Å². The monoisotopic (exact) mass is 344 g/mol. The Labute approximate surface area is 148 Å². The number of hydrogen-bond acceptors (Lipinski definition) is 3. The summed E-state index contributed by atoms with van der Waals surface area (Å²) in [6.45, 7) is 0.493. The minimum Gasteiger partial charge on any atom is -0.496 e. The highest BCUT2D eigenvalue weighted by molar-refractivity contribution is 5.77. The molecule has 0 amide bonds. The smallest absolute Gasteiger partial charge is 0.152 e. The van der Waals surface area contributed by atoms with E-state index >= 15 is 0 Å². The fourth-order valence-electron chi connectivity index (χ4n) is 3.92. The first-order chi connectivity index (χ1) is 12.2. The molecule has 0 spiro atoms. The molecule has 3 atom stereocenters. The summed E-state index contributed by atoms with van der Waals surface area (Å²) in [7, 11) is 1.70. The van der Waals surface area contributed by atoms with E-state index in [-0.39, 0.29) is 12.0 Å². The van der Waals surface area contributed by atoms with Gasteiger partial charge < -0.3 is 9.47 Å². The third kappa shape index (κ3) is 3.94. The van der Waals surface area contributed by atoms with E-state index < -0.39 is 6.17 Å². The van der Waals surface area contributed by atoms with Crippen LogP contribution in [0.2, 0.25) is 0 Å². The number of para-hydroxylation sites is 1. The molecule has 3 unspecified atom stereocenters. The van der Waals surface area contributed by atoms with Gasteiger partial charge in [0.25, 0.3) is 0 Å². The average Bonchev–Trinajstić information content (AvgIpc) is 2.66. The maximum Gasteiger partial charge on any atom is 0.152 e. The van der Waals surface area contributed by atoms with Gasteiger partial charge in [0.05, 0.1) is 19.3 Å². The van der Waals surface area contributed by atoms with Crippen molar-refractivity contribution < 1.29 is 18.7 Å². The predicted octanol–water partition coefficient (Wildman–Crippen LogP) is 4.74. The van der Waals surface area contributed by atoms with E-state index in [1.807, 2.05) is 18.2 Å². The number of benzene rings is 1. The van der Waals surface area contributed by atoms with Crippen molar-refractivity contribution in [2.75, 3.05) is 13.7 Å². The van der Waals surface area contributed by atoms with E-state index in [2.05, 4.69) is 6.07 Å². The van der Waals surface area contributed by atoms with Gasteiger partial charge in [-0.3, -0.25) is 4.79 Å². The number of methoxy groups -OCH3 is 1. The fourth-order valence-corrected chi connectivity index (χ4v) is 3.92. The summed E-state index contributed by atoms with van der Waals surface area (Å²) >= 11 is 0. The first kappa shape index (κ1) is 17.7. The summed E-state index contributed by atoms with van der Waals surface area (Å²) in [6.07, 6.45) is 7.54. The Morgan fingerprint density at radius 3 is 2.84 bits per heavy atom. The van der Waals surface area contributed by atoms with Gasteiger partial charge in [-0.1, -0.05) is 37.1 Å². The minimum absolute atomic E-state index is 0.132. The molecule has 0 heterocycles. The molecule has 3 rings (SSSR count). The number of alkyl halides is 1. The summed E-state index contributed by atoms with van der Waals surface area (Å²) in [5, 5.41) is 0. The van der Waals surface area contributed by atoms with Crippen LogP contribution in [0.5, 0.6) is 5.75 Å². The zero-order chi connectivity index (χ0) is 17.6. The second-order valence-corrected chi connectivity index (χ2v) is 6.75. The van der Waals surface area contributed by atoms with E-state index in [0.717, 1.165) is 18.6 Å². The minimum atomic E-state index is -1.26. The Kier molecular flexibility index (Phi) is 5.90. The Hall–Kier alpha value is -2.10. The molecule has 1 saturated carbocycles. The lowest BCUT2D eigenvalue weighted by atomic mass is 9.75. The van der Waals surface area contributed by atoms with E-state index in [1.165, 1.54) is 18.4 Å². The predicted molar refractivity (Wildman–Crippen MR) is 95.4 cm³/mol. The number of rotatable bonds is 6. The summed E-state index contributed by atoms with van der Waals surface area (Å²) in [5.41, 5.74) is 1.34. The Morgan fingerprint density at radius 2 is 2.04 bits per heavy atom. The van der Waals surface area contributed by atoms with Gasteiger partial charge in [-0.15, -0.1) is 0 Å². The maximum atomic E-state index is 13.9. The Morgan fingerprint density at radius 1 is 1.24 bits per heavy atom. The molecule has 1 aromatic carbocycles. The molecule has 1 fully saturated rings. The van der Waals surface area contributed by atoms with Gasteiger partial charge in [0.2, 0.25) is 0 Å². The quantitative estimate of drug-likeness (QED) is 0.700. The molecule has 0 aliphatic heterocycles. The number of halogens is 1. The normalized spacial score (nSPS) is 26.4. The van der Waals surface area contributed by atoms with Crippen LogP contribution >= 0.6 is 0 Å². The molecule has 0 saturated heterocycles. The van der Waals surface area contributed by atoms with Crippen molar-refractivity contribution >= 4 is 6.29 Å². The highest BCUT2D eigenvalue weighted by Crippen LogP contribution is 2.41. The van der Waals surface area contributed by atoms with Crippen molar-refractivity contribution in [3.63, 3.8) is 0 Å². The van der Waals surface area contributed by atoms with Crippen LogP contribution in [-0.2, 0) is 9.53 Å². The van der Waals surface area contributed by atoms with Gasteiger partial charge in [0.15, 0.2) is 6.29 Å². The summed E-state index contributed by atoms with van der Waals surface area (Å²) in [6, 6.07) is 8.13. The van der Waals surface area contributed by atoms with Crippen LogP contribution in [0.4, 0.5) is 4.39 Å². The summed E-state index contributed by atoms with van der Waals surface area (Å²) in [4.78, 5) is 11.2. The molecular weight excluding hydrogens is 319 g/mol. The third-order valence-electron chi connectivity index (χ3n) is 5.26. The molecular formula is C21H25FO3. The van der Waals surface area contributed by atoms with Crippen LogP contribution in [0.15, 0.2) is 47.7 Å². The van der Waals surface area contributed by atoms with Gasteiger partial charge in [-0.25, -0.2) is 4.39 Å². The lowest BCUT2D eigenvalue weighted by Crippen LogP contribution is -2.24. The van der Waals surface area contributed by atoms with E-state index in [9.17, 15) is 9.18 Å². The number of carbonyl (C=O) groups excluding carboxylic acids is 1. The highest BCUT2D eigenvalue weighted by Gasteiger charge is 2.30. The molecule has 0 N–H and O–H groups in total. The second-order valence-electron chi connectivity index (χ2n) is 6.75. The van der Waals surface area contributed by atoms with Crippen LogP contribution in [0.25, 0.3) is 0 Å². The van der Waals surface area contributed by atoms with E-state index in [0.29, 0.717) is 30.5 Å². The lowest BCUT2D eigenvalue weighted by Gasteiger charge is -2.33. The van der Waals surface area contributed by atoms with Crippen LogP contribution in [-0.4, -0.2) is 26.2 Å². The third-order valence-corrected chi connectivity index (χ3v) is 5.26. The lowest BCUT2D eigenvalue weighted by molar-refractivity contribution is -0.105. The summed E-state index contributed by atoms with van der Waals surface area (Å²) in [5.74, 6) is 1.99. The zero-order valence-electron chi connectivity index (χ0n) is 14.6. The zero-order valence-corrected chi connectivity index (χ0v) is 14.6. The molecule has 2 aliphatic carbocycles. The van der Waals surface area contributed by atoms with Crippen molar-refractivity contribution in [1.29, 1.82) is 0 Å². The van der Waals surface area contributed by atoms with Crippen molar-refractivity contribution in [1.82, 2.24) is 0 Å². The highest BCUT2D eigenvalue weighted by atomic mass is 19.1. The van der Waals surface area contributed by atoms with Crippen molar-refractivity contribution in [2.45, 2.75) is 44.2 Å². The standard InChI is InChI=1S/C21H25FO3/c1-24-20-11-5-4-9-17(20)16-8-3-2-7-15(16)14-25-21-12-6-10-19(22)18(21)13-23/h4-6,9,11-13,15-16,19H,2-3,7-8,10,14H2,1H3. The first-order valence-electron chi connectivity index (χ1n) is 9.00. The van der Waals surface area contributed by atoms with Gasteiger partial charge in [0.1, 0.15) is 17.7 Å². The molecule has 0 radical (unpaired) electrons. The number of aldehydes is 1. The second kappa shape index (κ2) is 8.32.